The highest BCUT2D eigenvalue weighted by atomic mass is 32.1. The van der Waals surface area contributed by atoms with Crippen molar-refractivity contribution in [3.05, 3.63) is 35.3 Å². The van der Waals surface area contributed by atoms with Crippen molar-refractivity contribution in [1.82, 2.24) is 24.6 Å². The fourth-order valence-corrected chi connectivity index (χ4v) is 2.22. The maximum Gasteiger partial charge on any atom is 0.203 e. The van der Waals surface area contributed by atoms with E-state index in [2.05, 4.69) is 25.5 Å². The molecule has 0 aliphatic rings. The van der Waals surface area contributed by atoms with Crippen molar-refractivity contribution in [2.24, 2.45) is 0 Å². The zero-order valence-corrected chi connectivity index (χ0v) is 9.92. The average molecular weight is 246 g/mol. The standard InChI is InChI=1S/C10H10N6S/c1-7(10-12-3-5-17-10)14-8-9-15-13-6-16(9)4-2-11-8/h2-7H,1H3,(H,11,14). The van der Waals surface area contributed by atoms with E-state index >= 15 is 0 Å². The molecule has 0 spiro atoms. The summed E-state index contributed by atoms with van der Waals surface area (Å²) in [7, 11) is 0. The van der Waals surface area contributed by atoms with Crippen LogP contribution in [-0.4, -0.2) is 24.6 Å². The fraction of sp³-hybridized carbons (Fsp3) is 0.200. The van der Waals surface area contributed by atoms with Gasteiger partial charge in [-0.2, -0.15) is 0 Å². The minimum Gasteiger partial charge on any atom is -0.358 e. The fourth-order valence-electron chi connectivity index (χ4n) is 1.58. The molecule has 1 unspecified atom stereocenters. The number of anilines is 1. The molecule has 1 N–H and O–H groups in total. The van der Waals surface area contributed by atoms with Crippen molar-refractivity contribution >= 4 is 22.8 Å². The van der Waals surface area contributed by atoms with Gasteiger partial charge in [0.25, 0.3) is 0 Å². The van der Waals surface area contributed by atoms with E-state index in [4.69, 9.17) is 0 Å². The Bertz CT molecular complexity index is 617. The van der Waals surface area contributed by atoms with Gasteiger partial charge in [0.1, 0.15) is 11.3 Å². The molecule has 0 saturated carbocycles. The van der Waals surface area contributed by atoms with E-state index in [0.29, 0.717) is 5.82 Å². The lowest BCUT2D eigenvalue weighted by atomic mass is 10.3. The molecule has 0 radical (unpaired) electrons. The van der Waals surface area contributed by atoms with Crippen LogP contribution in [0.3, 0.4) is 0 Å². The van der Waals surface area contributed by atoms with E-state index in [1.807, 2.05) is 22.9 Å². The van der Waals surface area contributed by atoms with Crippen molar-refractivity contribution in [3.63, 3.8) is 0 Å². The number of fused-ring (bicyclic) bond motifs is 1. The van der Waals surface area contributed by atoms with Gasteiger partial charge in [0, 0.05) is 24.0 Å². The zero-order chi connectivity index (χ0) is 11.7. The lowest BCUT2D eigenvalue weighted by Gasteiger charge is -2.11. The maximum atomic E-state index is 4.27. The molecule has 86 valence electrons. The summed E-state index contributed by atoms with van der Waals surface area (Å²) in [5.41, 5.74) is 0.718. The first-order chi connectivity index (χ1) is 8.34. The molecule has 3 heterocycles. The third-order valence-corrected chi connectivity index (χ3v) is 3.35. The smallest absolute Gasteiger partial charge is 0.203 e. The largest absolute Gasteiger partial charge is 0.358 e. The normalized spacial score (nSPS) is 12.8. The Morgan fingerprint density at radius 1 is 1.35 bits per heavy atom. The summed E-state index contributed by atoms with van der Waals surface area (Å²) in [6, 6.07) is 0.102. The van der Waals surface area contributed by atoms with Crippen LogP contribution in [0.5, 0.6) is 0 Å². The van der Waals surface area contributed by atoms with E-state index in [1.54, 1.807) is 30.1 Å². The van der Waals surface area contributed by atoms with E-state index in [1.165, 1.54) is 0 Å². The van der Waals surface area contributed by atoms with Crippen LogP contribution >= 0.6 is 11.3 Å². The molecule has 1 atom stereocenters. The third-order valence-electron chi connectivity index (χ3n) is 2.39. The Kier molecular flexibility index (Phi) is 2.45. The number of rotatable bonds is 3. The summed E-state index contributed by atoms with van der Waals surface area (Å²) in [6.07, 6.45) is 6.97. The SMILES string of the molecule is CC(Nc1nccn2cnnc12)c1nccs1. The molecule has 0 bridgehead atoms. The van der Waals surface area contributed by atoms with Crippen molar-refractivity contribution < 1.29 is 0 Å². The number of thiazole rings is 1. The second kappa shape index (κ2) is 4.10. The first-order valence-corrected chi connectivity index (χ1v) is 6.03. The molecular formula is C10H10N6S. The van der Waals surface area contributed by atoms with Crippen LogP contribution < -0.4 is 5.32 Å². The summed E-state index contributed by atoms with van der Waals surface area (Å²) in [5.74, 6) is 0.715. The van der Waals surface area contributed by atoms with Gasteiger partial charge in [-0.25, -0.2) is 9.97 Å². The lowest BCUT2D eigenvalue weighted by molar-refractivity contribution is 0.859. The maximum absolute atomic E-state index is 4.27. The van der Waals surface area contributed by atoms with Crippen LogP contribution in [0.4, 0.5) is 5.82 Å². The van der Waals surface area contributed by atoms with Gasteiger partial charge < -0.3 is 5.32 Å². The van der Waals surface area contributed by atoms with E-state index in [9.17, 15) is 0 Å². The molecule has 0 aromatic carbocycles. The topological polar surface area (TPSA) is 68.0 Å². The molecule has 3 aromatic heterocycles. The highest BCUT2D eigenvalue weighted by Crippen LogP contribution is 2.21. The van der Waals surface area contributed by atoms with Crippen LogP contribution in [0.15, 0.2) is 30.3 Å². The molecule has 6 nitrogen and oxygen atoms in total. The highest BCUT2D eigenvalue weighted by Gasteiger charge is 2.11. The van der Waals surface area contributed by atoms with Crippen LogP contribution in [0.1, 0.15) is 18.0 Å². The Morgan fingerprint density at radius 3 is 3.12 bits per heavy atom. The average Bonchev–Trinajstić information content (AvgIpc) is 3.00. The Labute approximate surface area is 101 Å². The van der Waals surface area contributed by atoms with Crippen LogP contribution in [0.25, 0.3) is 5.65 Å². The van der Waals surface area contributed by atoms with Gasteiger partial charge in [0.05, 0.1) is 6.04 Å². The van der Waals surface area contributed by atoms with Crippen molar-refractivity contribution in [3.8, 4) is 0 Å². The Balaban J connectivity index is 1.92. The number of aromatic nitrogens is 5. The van der Waals surface area contributed by atoms with E-state index in [-0.39, 0.29) is 6.04 Å². The van der Waals surface area contributed by atoms with E-state index in [0.717, 1.165) is 10.7 Å². The first-order valence-electron chi connectivity index (χ1n) is 5.15. The van der Waals surface area contributed by atoms with E-state index < -0.39 is 0 Å². The van der Waals surface area contributed by atoms with Crippen LogP contribution in [0.2, 0.25) is 0 Å². The van der Waals surface area contributed by atoms with Crippen LogP contribution in [-0.2, 0) is 0 Å². The summed E-state index contributed by atoms with van der Waals surface area (Å²) < 4.78 is 1.82. The zero-order valence-electron chi connectivity index (χ0n) is 9.11. The molecule has 3 rings (SSSR count). The number of nitrogens with zero attached hydrogens (tertiary/aromatic N) is 5. The lowest BCUT2D eigenvalue weighted by Crippen LogP contribution is -2.08. The monoisotopic (exact) mass is 246 g/mol. The Morgan fingerprint density at radius 2 is 2.29 bits per heavy atom. The quantitative estimate of drug-likeness (QED) is 0.762. The molecular weight excluding hydrogens is 236 g/mol. The van der Waals surface area contributed by atoms with Gasteiger partial charge in [-0.15, -0.1) is 21.5 Å². The van der Waals surface area contributed by atoms with Crippen molar-refractivity contribution in [2.45, 2.75) is 13.0 Å². The Hall–Kier alpha value is -2.02. The van der Waals surface area contributed by atoms with Crippen molar-refractivity contribution in [1.29, 1.82) is 0 Å². The number of hydrogen-bond donors (Lipinski definition) is 1. The summed E-state index contributed by atoms with van der Waals surface area (Å²) in [6.45, 7) is 2.04. The second-order valence-corrected chi connectivity index (χ2v) is 4.50. The van der Waals surface area contributed by atoms with Gasteiger partial charge in [-0.1, -0.05) is 0 Å². The minimum absolute atomic E-state index is 0.102. The summed E-state index contributed by atoms with van der Waals surface area (Å²) in [5, 5.41) is 14.1. The number of hydrogen-bond acceptors (Lipinski definition) is 6. The van der Waals surface area contributed by atoms with Gasteiger partial charge >= 0.3 is 0 Å². The summed E-state index contributed by atoms with van der Waals surface area (Å²) in [4.78, 5) is 8.54. The van der Waals surface area contributed by atoms with Crippen LogP contribution in [0, 0.1) is 0 Å². The minimum atomic E-state index is 0.102. The third kappa shape index (κ3) is 1.84. The number of nitrogens with one attached hydrogen (secondary N) is 1. The molecule has 0 saturated heterocycles. The van der Waals surface area contributed by atoms with Gasteiger partial charge in [-0.3, -0.25) is 4.40 Å². The molecule has 17 heavy (non-hydrogen) atoms. The summed E-state index contributed by atoms with van der Waals surface area (Å²) >= 11 is 1.61. The van der Waals surface area contributed by atoms with Crippen molar-refractivity contribution in [2.75, 3.05) is 5.32 Å². The predicted molar refractivity (Wildman–Crippen MR) is 64.9 cm³/mol. The molecule has 3 aromatic rings. The molecule has 0 amide bonds. The molecule has 0 aliphatic carbocycles. The molecule has 0 fully saturated rings. The predicted octanol–water partition coefficient (Wildman–Crippen LogP) is 1.75. The molecule has 7 heteroatoms. The highest BCUT2D eigenvalue weighted by molar-refractivity contribution is 7.09. The van der Waals surface area contributed by atoms with Gasteiger partial charge in [-0.05, 0) is 6.92 Å². The first kappa shape index (κ1) is 10.2. The second-order valence-electron chi connectivity index (χ2n) is 3.57. The van der Waals surface area contributed by atoms with Gasteiger partial charge in [0.15, 0.2) is 5.82 Å². The van der Waals surface area contributed by atoms with Gasteiger partial charge in [0.2, 0.25) is 5.65 Å². The molecule has 0 aliphatic heterocycles.